The van der Waals surface area contributed by atoms with Crippen LogP contribution in [0, 0.1) is 0 Å². The van der Waals surface area contributed by atoms with Crippen molar-refractivity contribution in [2.75, 3.05) is 0 Å². The molecule has 0 spiro atoms. The van der Waals surface area contributed by atoms with Gasteiger partial charge in [-0.2, -0.15) is 0 Å². The third kappa shape index (κ3) is 3.17. The van der Waals surface area contributed by atoms with Gasteiger partial charge in [0.25, 0.3) is 0 Å². The molecule has 13 heavy (non-hydrogen) atoms. The van der Waals surface area contributed by atoms with E-state index < -0.39 is 26.9 Å². The molecule has 68 valence electrons. The first-order chi connectivity index (χ1) is 6.24. The first kappa shape index (κ1) is 10.2. The maximum absolute atomic E-state index is 10.5. The molecule has 3 nitrogen and oxygen atoms in total. The van der Waals surface area contributed by atoms with E-state index in [0.29, 0.717) is 5.56 Å². The molecule has 0 aliphatic heterocycles. The summed E-state index contributed by atoms with van der Waals surface area (Å²) in [5.41, 5.74) is 0.631. The van der Waals surface area contributed by atoms with Crippen molar-refractivity contribution < 1.29 is 14.7 Å². The number of carboxylic acids is 1. The summed E-state index contributed by atoms with van der Waals surface area (Å²) < 4.78 is 1.11. The van der Waals surface area contributed by atoms with Gasteiger partial charge in [-0.05, 0) is 0 Å². The second-order valence-corrected chi connectivity index (χ2v) is 5.24. The predicted octanol–water partition coefficient (Wildman–Crippen LogP) is 0.331. The Labute approximate surface area is 85.8 Å². The number of benzene rings is 1. The van der Waals surface area contributed by atoms with Crippen molar-refractivity contribution in [1.82, 2.24) is 0 Å². The van der Waals surface area contributed by atoms with Gasteiger partial charge in [0.15, 0.2) is 0 Å². The van der Waals surface area contributed by atoms with Gasteiger partial charge in [-0.15, -0.1) is 0 Å². The van der Waals surface area contributed by atoms with Crippen LogP contribution in [0.5, 0.6) is 0 Å². The zero-order valence-electron chi connectivity index (χ0n) is 6.77. The van der Waals surface area contributed by atoms with Crippen molar-refractivity contribution in [1.29, 1.82) is 0 Å². The van der Waals surface area contributed by atoms with Crippen LogP contribution < -0.4 is 3.61 Å². The summed E-state index contributed by atoms with van der Waals surface area (Å²) in [7, 11) is 0. The number of aldehydes is 1. The van der Waals surface area contributed by atoms with Crippen molar-refractivity contribution in [2.24, 2.45) is 0 Å². The monoisotopic (exact) mass is 294 g/mol. The molecule has 0 saturated carbocycles. The minimum absolute atomic E-state index is 0.190. The van der Waals surface area contributed by atoms with E-state index in [4.69, 9.17) is 5.11 Å². The molecule has 0 unspecified atom stereocenters. The fraction of sp³-hybridized carbons (Fsp3) is 0.111. The summed E-state index contributed by atoms with van der Waals surface area (Å²) in [6.45, 7) is 0. The molecule has 0 aliphatic carbocycles. The molecule has 0 bridgehead atoms. The standard InChI is InChI=1S/C9H8O3Te/c10-5-7-3-1-2-4-8(7)13-6-9(11)12/h1-5H,6H2,(H,11,12). The molecule has 0 aliphatic rings. The van der Waals surface area contributed by atoms with Crippen LogP contribution in [0.2, 0.25) is 4.47 Å². The van der Waals surface area contributed by atoms with E-state index in [1.165, 1.54) is 0 Å². The van der Waals surface area contributed by atoms with E-state index >= 15 is 0 Å². The van der Waals surface area contributed by atoms with Gasteiger partial charge >= 0.3 is 85.8 Å². The van der Waals surface area contributed by atoms with Gasteiger partial charge in [0.05, 0.1) is 0 Å². The zero-order chi connectivity index (χ0) is 9.68. The third-order valence-corrected chi connectivity index (χ3v) is 4.46. The van der Waals surface area contributed by atoms with Gasteiger partial charge in [-0.3, -0.25) is 0 Å². The number of hydrogen-bond donors (Lipinski definition) is 1. The third-order valence-electron chi connectivity index (χ3n) is 1.40. The van der Waals surface area contributed by atoms with Gasteiger partial charge in [0, 0.05) is 0 Å². The Morgan fingerprint density at radius 1 is 1.46 bits per heavy atom. The average Bonchev–Trinajstić information content (AvgIpc) is 2.15. The molecule has 0 fully saturated rings. The number of aliphatic carboxylic acids is 1. The van der Waals surface area contributed by atoms with Crippen molar-refractivity contribution in [3.8, 4) is 0 Å². The van der Waals surface area contributed by atoms with Crippen molar-refractivity contribution in [2.45, 2.75) is 4.47 Å². The van der Waals surface area contributed by atoms with E-state index in [-0.39, 0.29) is 4.47 Å². The molecule has 0 saturated heterocycles. The fourth-order valence-corrected chi connectivity index (χ4v) is 2.95. The molecule has 1 aromatic rings. The Morgan fingerprint density at radius 2 is 2.15 bits per heavy atom. The Balaban J connectivity index is 2.75. The van der Waals surface area contributed by atoms with Gasteiger partial charge in [-0.25, -0.2) is 0 Å². The van der Waals surface area contributed by atoms with Crippen LogP contribution in [0.4, 0.5) is 0 Å². The molecule has 1 aromatic carbocycles. The predicted molar refractivity (Wildman–Crippen MR) is 49.7 cm³/mol. The Kier molecular flexibility index (Phi) is 3.94. The van der Waals surface area contributed by atoms with E-state index in [1.54, 1.807) is 12.1 Å². The van der Waals surface area contributed by atoms with Gasteiger partial charge in [0.1, 0.15) is 0 Å². The topological polar surface area (TPSA) is 54.4 Å². The van der Waals surface area contributed by atoms with Gasteiger partial charge in [-0.1, -0.05) is 0 Å². The number of carboxylic acid groups (broad SMARTS) is 1. The number of hydrogen-bond acceptors (Lipinski definition) is 2. The van der Waals surface area contributed by atoms with Crippen LogP contribution in [0.3, 0.4) is 0 Å². The summed E-state index contributed by atoms with van der Waals surface area (Å²) in [6, 6.07) is 7.15. The molecule has 0 aromatic heterocycles. The Bertz CT molecular complexity index is 322. The van der Waals surface area contributed by atoms with E-state index in [1.807, 2.05) is 12.1 Å². The molecular formula is C9H8O3Te. The van der Waals surface area contributed by atoms with E-state index in [0.717, 1.165) is 9.90 Å². The second kappa shape index (κ2) is 5.00. The van der Waals surface area contributed by atoms with Crippen molar-refractivity contribution in [3.63, 3.8) is 0 Å². The molecule has 4 heteroatoms. The molecule has 1 rings (SSSR count). The first-order valence-corrected chi connectivity index (χ1v) is 6.44. The van der Waals surface area contributed by atoms with Crippen LogP contribution in [-0.4, -0.2) is 38.3 Å². The summed E-state index contributed by atoms with van der Waals surface area (Å²) in [6.07, 6.45) is 0.780. The molecule has 1 N–H and O–H groups in total. The first-order valence-electron chi connectivity index (χ1n) is 3.63. The van der Waals surface area contributed by atoms with Crippen LogP contribution in [0.1, 0.15) is 10.4 Å². The van der Waals surface area contributed by atoms with Gasteiger partial charge in [0.2, 0.25) is 0 Å². The average molecular weight is 292 g/mol. The van der Waals surface area contributed by atoms with Gasteiger partial charge < -0.3 is 0 Å². The summed E-state index contributed by atoms with van der Waals surface area (Å²) >= 11 is -0.750. The number of carbonyl (C=O) groups excluding carboxylic acids is 1. The van der Waals surface area contributed by atoms with E-state index in [9.17, 15) is 9.59 Å². The second-order valence-electron chi connectivity index (χ2n) is 2.34. The summed E-state index contributed by atoms with van der Waals surface area (Å²) in [5, 5.41) is 8.48. The summed E-state index contributed by atoms with van der Waals surface area (Å²) in [5.74, 6) is -0.789. The normalized spacial score (nSPS) is 9.54. The minimum atomic E-state index is -0.789. The number of rotatable bonds is 4. The molecule has 0 amide bonds. The maximum atomic E-state index is 10.5. The number of carbonyl (C=O) groups is 2. The Hall–Kier alpha value is -0.850. The van der Waals surface area contributed by atoms with Crippen LogP contribution in [0.25, 0.3) is 0 Å². The molecule has 0 heterocycles. The van der Waals surface area contributed by atoms with Crippen molar-refractivity contribution >= 4 is 36.8 Å². The van der Waals surface area contributed by atoms with E-state index in [2.05, 4.69) is 0 Å². The quantitative estimate of drug-likeness (QED) is 0.643. The fourth-order valence-electron chi connectivity index (χ4n) is 0.849. The van der Waals surface area contributed by atoms with Crippen LogP contribution in [-0.2, 0) is 4.79 Å². The van der Waals surface area contributed by atoms with Crippen molar-refractivity contribution in [3.05, 3.63) is 29.8 Å². The molecule has 0 atom stereocenters. The van der Waals surface area contributed by atoms with Crippen LogP contribution >= 0.6 is 0 Å². The SMILES string of the molecule is O=Cc1ccccc1[Te]CC(=O)O. The summed E-state index contributed by atoms with van der Waals surface area (Å²) in [4.78, 5) is 20.9. The molecular weight excluding hydrogens is 284 g/mol. The van der Waals surface area contributed by atoms with Crippen LogP contribution in [0.15, 0.2) is 24.3 Å². The molecule has 0 radical (unpaired) electrons. The zero-order valence-corrected chi connectivity index (χ0v) is 9.10. The Morgan fingerprint density at radius 3 is 2.77 bits per heavy atom.